The van der Waals surface area contributed by atoms with Gasteiger partial charge in [0.1, 0.15) is 11.5 Å². The van der Waals surface area contributed by atoms with E-state index in [4.69, 9.17) is 0 Å². The lowest BCUT2D eigenvalue weighted by Crippen LogP contribution is -2.30. The van der Waals surface area contributed by atoms with Crippen LogP contribution in [0.2, 0.25) is 0 Å². The van der Waals surface area contributed by atoms with Gasteiger partial charge in [0.05, 0.1) is 18.6 Å². The van der Waals surface area contributed by atoms with Crippen molar-refractivity contribution in [2.45, 2.75) is 94.7 Å². The molecule has 0 saturated heterocycles. The van der Waals surface area contributed by atoms with E-state index in [-0.39, 0.29) is 36.5 Å². The van der Waals surface area contributed by atoms with Crippen LogP contribution in [-0.4, -0.2) is 20.4 Å². The lowest BCUT2D eigenvalue weighted by Gasteiger charge is -2.37. The van der Waals surface area contributed by atoms with Gasteiger partial charge in [-0.25, -0.2) is 0 Å². The monoisotopic (exact) mass is 574 g/mol. The fourth-order valence-electron chi connectivity index (χ4n) is 8.59. The zero-order valence-electron chi connectivity index (χ0n) is 24.9. The molecule has 43 heavy (non-hydrogen) atoms. The maximum atomic E-state index is 11.5. The Morgan fingerprint density at radius 1 is 0.535 bits per heavy atom. The molecule has 0 aliphatic heterocycles. The van der Waals surface area contributed by atoms with E-state index in [0.29, 0.717) is 11.1 Å². The van der Waals surface area contributed by atoms with Gasteiger partial charge in [0, 0.05) is 11.1 Å². The third kappa shape index (κ3) is 4.49. The molecular formula is C39H42O4. The number of aromatic hydroxyl groups is 2. The highest BCUT2D eigenvalue weighted by molar-refractivity contribution is 5.86. The van der Waals surface area contributed by atoms with Gasteiger partial charge < -0.3 is 20.4 Å². The maximum absolute atomic E-state index is 11.5. The fourth-order valence-corrected chi connectivity index (χ4v) is 8.59. The van der Waals surface area contributed by atoms with Crippen molar-refractivity contribution in [3.63, 3.8) is 0 Å². The average molecular weight is 575 g/mol. The average Bonchev–Trinajstić information content (AvgIpc) is 3.37. The number of aliphatic hydroxyl groups is 2. The van der Waals surface area contributed by atoms with Crippen LogP contribution in [-0.2, 0) is 18.6 Å². The maximum Gasteiger partial charge on any atom is 0.124 e. The molecule has 0 spiro atoms. The first-order valence-electron chi connectivity index (χ1n) is 16.2. The number of hydrogen-bond acceptors (Lipinski definition) is 4. The van der Waals surface area contributed by atoms with Crippen molar-refractivity contribution in [3.05, 3.63) is 117 Å². The van der Waals surface area contributed by atoms with E-state index in [2.05, 4.69) is 60.7 Å². The normalized spacial score (nSPS) is 18.4. The second-order valence-electron chi connectivity index (χ2n) is 13.0. The number of phenols is 2. The van der Waals surface area contributed by atoms with Gasteiger partial charge in [0.25, 0.3) is 0 Å². The van der Waals surface area contributed by atoms with Gasteiger partial charge in [0.2, 0.25) is 0 Å². The minimum atomic E-state index is -0.755. The SMILES string of the molecule is OCc1cc(C2(c3cc(CO)c(O)c(C4CCCCC4)c3)c3ccccc3-c3ccccc32)cc(C2CCCCC2)c1O. The highest BCUT2D eigenvalue weighted by atomic mass is 16.3. The van der Waals surface area contributed by atoms with Crippen LogP contribution in [0.4, 0.5) is 0 Å². The second kappa shape index (κ2) is 11.5. The lowest BCUT2D eigenvalue weighted by molar-refractivity contribution is 0.274. The molecule has 0 unspecified atom stereocenters. The summed E-state index contributed by atoms with van der Waals surface area (Å²) >= 11 is 0. The molecule has 3 aliphatic rings. The molecular weight excluding hydrogens is 532 g/mol. The van der Waals surface area contributed by atoms with Gasteiger partial charge in [-0.2, -0.15) is 0 Å². The summed E-state index contributed by atoms with van der Waals surface area (Å²) in [5.41, 5.74) is 8.83. The molecule has 0 heterocycles. The van der Waals surface area contributed by atoms with Gasteiger partial charge >= 0.3 is 0 Å². The van der Waals surface area contributed by atoms with Gasteiger partial charge in [-0.05, 0) is 94.2 Å². The van der Waals surface area contributed by atoms with Crippen molar-refractivity contribution in [1.29, 1.82) is 0 Å². The number of fused-ring (bicyclic) bond motifs is 3. The Balaban J connectivity index is 1.58. The highest BCUT2D eigenvalue weighted by Gasteiger charge is 2.47. The van der Waals surface area contributed by atoms with Crippen molar-refractivity contribution >= 4 is 0 Å². The first kappa shape index (κ1) is 28.2. The molecule has 3 aliphatic carbocycles. The van der Waals surface area contributed by atoms with E-state index < -0.39 is 5.41 Å². The van der Waals surface area contributed by atoms with E-state index in [1.54, 1.807) is 0 Å². The summed E-state index contributed by atoms with van der Waals surface area (Å²) in [7, 11) is 0. The van der Waals surface area contributed by atoms with Gasteiger partial charge in [-0.3, -0.25) is 0 Å². The molecule has 2 saturated carbocycles. The quantitative estimate of drug-likeness (QED) is 0.164. The van der Waals surface area contributed by atoms with Crippen molar-refractivity contribution < 1.29 is 20.4 Å². The van der Waals surface area contributed by atoms with E-state index in [1.165, 1.54) is 12.8 Å². The van der Waals surface area contributed by atoms with Crippen LogP contribution in [0.3, 0.4) is 0 Å². The zero-order chi connectivity index (χ0) is 29.6. The van der Waals surface area contributed by atoms with Crippen LogP contribution in [0.5, 0.6) is 11.5 Å². The molecule has 4 N–H and O–H groups in total. The molecule has 0 aromatic heterocycles. The number of benzene rings is 4. The molecule has 0 radical (unpaired) electrons. The van der Waals surface area contributed by atoms with Gasteiger partial charge in [-0.1, -0.05) is 99.2 Å². The molecule has 2 fully saturated rings. The van der Waals surface area contributed by atoms with Crippen molar-refractivity contribution in [2.75, 3.05) is 0 Å². The Kier molecular flexibility index (Phi) is 7.53. The Labute approximate surface area is 254 Å². The topological polar surface area (TPSA) is 80.9 Å². The molecule has 0 atom stereocenters. The van der Waals surface area contributed by atoms with Crippen LogP contribution >= 0.6 is 0 Å². The van der Waals surface area contributed by atoms with Crippen LogP contribution in [0.15, 0.2) is 72.8 Å². The molecule has 0 bridgehead atoms. The molecule has 4 aromatic rings. The third-order valence-corrected chi connectivity index (χ3v) is 10.7. The molecule has 4 nitrogen and oxygen atoms in total. The summed E-state index contributed by atoms with van der Waals surface area (Å²) in [6.45, 7) is -0.493. The zero-order valence-corrected chi connectivity index (χ0v) is 24.9. The predicted molar refractivity (Wildman–Crippen MR) is 171 cm³/mol. The summed E-state index contributed by atoms with van der Waals surface area (Å²) in [5.74, 6) is 0.928. The van der Waals surface area contributed by atoms with Gasteiger partial charge in [-0.15, -0.1) is 0 Å². The highest BCUT2D eigenvalue weighted by Crippen LogP contribution is 2.58. The second-order valence-corrected chi connectivity index (χ2v) is 13.0. The summed E-state index contributed by atoms with van der Waals surface area (Å²) in [4.78, 5) is 0. The number of hydrogen-bond donors (Lipinski definition) is 4. The lowest BCUT2D eigenvalue weighted by atomic mass is 9.65. The summed E-state index contributed by atoms with van der Waals surface area (Å²) < 4.78 is 0. The van der Waals surface area contributed by atoms with Crippen LogP contribution in [0.25, 0.3) is 11.1 Å². The summed E-state index contributed by atoms with van der Waals surface area (Å²) in [5, 5.41) is 44.0. The van der Waals surface area contributed by atoms with E-state index >= 15 is 0 Å². The standard InChI is InChI=1S/C39H42O4/c40-23-27-19-29(21-33(37(27)42)25-11-3-1-4-12-25)39(35-17-9-7-15-31(35)32-16-8-10-18-36(32)39)30-20-28(24-41)38(43)34(22-30)26-13-5-2-6-14-26/h7-10,15-22,25-26,40-43H,1-6,11-14,23-24H2. The van der Waals surface area contributed by atoms with Crippen molar-refractivity contribution in [3.8, 4) is 22.6 Å². The Morgan fingerprint density at radius 3 is 1.33 bits per heavy atom. The number of aliphatic hydroxyl groups excluding tert-OH is 2. The third-order valence-electron chi connectivity index (χ3n) is 10.7. The Morgan fingerprint density at radius 2 is 0.930 bits per heavy atom. The van der Waals surface area contributed by atoms with Crippen LogP contribution in [0, 0.1) is 0 Å². The largest absolute Gasteiger partial charge is 0.507 e. The molecule has 7 rings (SSSR count). The van der Waals surface area contributed by atoms with E-state index in [1.807, 2.05) is 12.1 Å². The smallest absolute Gasteiger partial charge is 0.124 e. The predicted octanol–water partition coefficient (Wildman–Crippen LogP) is 8.54. The Hall–Kier alpha value is -3.60. The first-order valence-corrected chi connectivity index (χ1v) is 16.2. The molecule has 4 heteroatoms. The van der Waals surface area contributed by atoms with Crippen LogP contribution in [0.1, 0.15) is 121 Å². The van der Waals surface area contributed by atoms with Crippen molar-refractivity contribution in [1.82, 2.24) is 0 Å². The van der Waals surface area contributed by atoms with E-state index in [9.17, 15) is 20.4 Å². The molecule has 222 valence electrons. The van der Waals surface area contributed by atoms with Crippen molar-refractivity contribution in [2.24, 2.45) is 0 Å². The first-order chi connectivity index (χ1) is 21.1. The van der Waals surface area contributed by atoms with Gasteiger partial charge in [0.15, 0.2) is 0 Å². The fraction of sp³-hybridized carbons (Fsp3) is 0.385. The molecule has 0 amide bonds. The Bertz CT molecular complexity index is 1520. The molecule has 4 aromatic carbocycles. The van der Waals surface area contributed by atoms with E-state index in [0.717, 1.165) is 95.9 Å². The van der Waals surface area contributed by atoms with Crippen LogP contribution < -0.4 is 0 Å². The number of rotatable bonds is 6. The minimum absolute atomic E-state index is 0.220. The summed E-state index contributed by atoms with van der Waals surface area (Å²) in [6.07, 6.45) is 11.1. The summed E-state index contributed by atoms with van der Waals surface area (Å²) in [6, 6.07) is 25.5. The minimum Gasteiger partial charge on any atom is -0.507 e.